The molecule has 0 radical (unpaired) electrons. The van der Waals surface area contributed by atoms with Crippen LogP contribution in [0.3, 0.4) is 0 Å². The molecule has 0 bridgehead atoms. The number of benzene rings is 1. The van der Waals surface area contributed by atoms with E-state index in [0.29, 0.717) is 11.6 Å². The molecule has 0 fully saturated rings. The van der Waals surface area contributed by atoms with E-state index in [1.165, 1.54) is 49.9 Å². The Morgan fingerprint density at radius 3 is 2.78 bits per heavy atom. The summed E-state index contributed by atoms with van der Waals surface area (Å²) in [5.74, 6) is -0.0252. The van der Waals surface area contributed by atoms with E-state index in [2.05, 4.69) is 10.3 Å². The third-order valence-corrected chi connectivity index (χ3v) is 6.67. The second-order valence-electron chi connectivity index (χ2n) is 5.73. The Kier molecular flexibility index (Phi) is 5.66. The summed E-state index contributed by atoms with van der Waals surface area (Å²) in [4.78, 5) is 17.7. The van der Waals surface area contributed by atoms with E-state index in [1.807, 2.05) is 17.5 Å². The number of amides is 1. The standard InChI is InChI=1S/C17H16ClN3O4S2/c1-21(2)27(23,24)12-5-6-14(18)13(8-12)16(22)19-9-11-10-25-17(20-11)15-4-3-7-26-15/h3-8,10H,9H2,1-2H3,(H,19,22). The lowest BCUT2D eigenvalue weighted by Gasteiger charge is -2.13. The first-order chi connectivity index (χ1) is 12.8. The summed E-state index contributed by atoms with van der Waals surface area (Å²) in [6.07, 6.45) is 1.46. The maximum Gasteiger partial charge on any atom is 0.253 e. The molecule has 142 valence electrons. The largest absolute Gasteiger partial charge is 0.443 e. The van der Waals surface area contributed by atoms with Crippen LogP contribution in [-0.4, -0.2) is 37.7 Å². The smallest absolute Gasteiger partial charge is 0.253 e. The average Bonchev–Trinajstić information content (AvgIpc) is 3.31. The first-order valence-corrected chi connectivity index (χ1v) is 10.5. The van der Waals surface area contributed by atoms with Crippen molar-refractivity contribution >= 4 is 38.9 Å². The van der Waals surface area contributed by atoms with Crippen molar-refractivity contribution < 1.29 is 17.6 Å². The maximum atomic E-state index is 12.5. The van der Waals surface area contributed by atoms with Gasteiger partial charge < -0.3 is 9.73 Å². The number of aromatic nitrogens is 1. The summed E-state index contributed by atoms with van der Waals surface area (Å²) in [6.45, 7) is 0.120. The number of halogens is 1. The third kappa shape index (κ3) is 4.22. The van der Waals surface area contributed by atoms with Gasteiger partial charge in [0.05, 0.1) is 32.6 Å². The molecule has 10 heteroatoms. The molecule has 27 heavy (non-hydrogen) atoms. The zero-order valence-electron chi connectivity index (χ0n) is 14.5. The van der Waals surface area contributed by atoms with Crippen LogP contribution >= 0.6 is 22.9 Å². The molecule has 3 aromatic rings. The number of rotatable bonds is 6. The molecular weight excluding hydrogens is 410 g/mol. The van der Waals surface area contributed by atoms with E-state index in [0.717, 1.165) is 9.18 Å². The Morgan fingerprint density at radius 1 is 1.33 bits per heavy atom. The van der Waals surface area contributed by atoms with Gasteiger partial charge in [0.25, 0.3) is 5.91 Å². The van der Waals surface area contributed by atoms with Crippen LogP contribution in [0.5, 0.6) is 0 Å². The molecule has 0 aliphatic rings. The number of hydrogen-bond acceptors (Lipinski definition) is 6. The van der Waals surface area contributed by atoms with E-state index < -0.39 is 15.9 Å². The fourth-order valence-corrected chi connectivity index (χ4v) is 4.00. The van der Waals surface area contributed by atoms with Gasteiger partial charge in [0.2, 0.25) is 15.9 Å². The SMILES string of the molecule is CN(C)S(=O)(=O)c1ccc(Cl)c(C(=O)NCc2coc(-c3cccs3)n2)c1. The van der Waals surface area contributed by atoms with Crippen LogP contribution < -0.4 is 5.32 Å². The molecule has 0 spiro atoms. The van der Waals surface area contributed by atoms with Crippen molar-refractivity contribution in [2.45, 2.75) is 11.4 Å². The van der Waals surface area contributed by atoms with Crippen molar-refractivity contribution in [3.63, 3.8) is 0 Å². The minimum atomic E-state index is -3.67. The average molecular weight is 426 g/mol. The van der Waals surface area contributed by atoms with Gasteiger partial charge in [0.15, 0.2) is 0 Å². The van der Waals surface area contributed by atoms with Gasteiger partial charge in [-0.25, -0.2) is 17.7 Å². The molecule has 0 atom stereocenters. The zero-order chi connectivity index (χ0) is 19.6. The van der Waals surface area contributed by atoms with Gasteiger partial charge in [-0.15, -0.1) is 11.3 Å². The van der Waals surface area contributed by atoms with Gasteiger partial charge >= 0.3 is 0 Å². The topological polar surface area (TPSA) is 92.5 Å². The van der Waals surface area contributed by atoms with Crippen LogP contribution in [0.15, 0.2) is 51.3 Å². The number of hydrogen-bond donors (Lipinski definition) is 1. The van der Waals surface area contributed by atoms with Crippen molar-refractivity contribution in [1.29, 1.82) is 0 Å². The second-order valence-corrected chi connectivity index (χ2v) is 9.24. The highest BCUT2D eigenvalue weighted by atomic mass is 35.5. The van der Waals surface area contributed by atoms with Crippen molar-refractivity contribution in [3.05, 3.63) is 58.3 Å². The number of sulfonamides is 1. The van der Waals surface area contributed by atoms with Crippen molar-refractivity contribution in [3.8, 4) is 10.8 Å². The predicted molar refractivity (Wildman–Crippen MR) is 103 cm³/mol. The quantitative estimate of drug-likeness (QED) is 0.654. The predicted octanol–water partition coefficient (Wildman–Crippen LogP) is 3.24. The fourth-order valence-electron chi connectivity index (χ4n) is 2.22. The minimum absolute atomic E-state index is 0.0107. The van der Waals surface area contributed by atoms with Gasteiger partial charge in [-0.1, -0.05) is 17.7 Å². The van der Waals surface area contributed by atoms with Crippen molar-refractivity contribution in [2.24, 2.45) is 0 Å². The number of carbonyl (C=O) groups excluding carboxylic acids is 1. The van der Waals surface area contributed by atoms with Crippen LogP contribution in [0.1, 0.15) is 16.1 Å². The Labute approximate surface area is 165 Å². The van der Waals surface area contributed by atoms with Crippen LogP contribution in [0, 0.1) is 0 Å². The maximum absolute atomic E-state index is 12.5. The number of nitrogens with zero attached hydrogens (tertiary/aromatic N) is 2. The van der Waals surface area contributed by atoms with Crippen molar-refractivity contribution in [2.75, 3.05) is 14.1 Å². The highest BCUT2D eigenvalue weighted by molar-refractivity contribution is 7.89. The summed E-state index contributed by atoms with van der Waals surface area (Å²) in [7, 11) is -0.838. The zero-order valence-corrected chi connectivity index (χ0v) is 16.9. The van der Waals surface area contributed by atoms with E-state index >= 15 is 0 Å². The minimum Gasteiger partial charge on any atom is -0.443 e. The molecule has 1 amide bonds. The Morgan fingerprint density at radius 2 is 2.11 bits per heavy atom. The summed E-state index contributed by atoms with van der Waals surface area (Å²) >= 11 is 7.57. The molecule has 0 unspecified atom stereocenters. The first kappa shape index (κ1) is 19.6. The molecule has 1 N–H and O–H groups in total. The number of carbonyl (C=O) groups is 1. The Hall–Kier alpha value is -2.20. The van der Waals surface area contributed by atoms with Crippen LogP contribution in [0.2, 0.25) is 5.02 Å². The lowest BCUT2D eigenvalue weighted by Crippen LogP contribution is -2.25. The normalized spacial score (nSPS) is 11.7. The van der Waals surface area contributed by atoms with Gasteiger partial charge in [-0.05, 0) is 29.6 Å². The van der Waals surface area contributed by atoms with Gasteiger partial charge in [-0.2, -0.15) is 0 Å². The molecule has 2 aromatic heterocycles. The summed E-state index contributed by atoms with van der Waals surface area (Å²) in [5.41, 5.74) is 0.613. The molecule has 7 nitrogen and oxygen atoms in total. The second kappa shape index (κ2) is 7.81. The molecular formula is C17H16ClN3O4S2. The third-order valence-electron chi connectivity index (χ3n) is 3.67. The highest BCUT2D eigenvalue weighted by Crippen LogP contribution is 2.24. The van der Waals surface area contributed by atoms with Crippen molar-refractivity contribution in [1.82, 2.24) is 14.6 Å². The van der Waals surface area contributed by atoms with Crippen LogP contribution in [0.4, 0.5) is 0 Å². The Bertz CT molecular complexity index is 1060. The molecule has 0 aliphatic heterocycles. The first-order valence-electron chi connectivity index (χ1n) is 7.77. The lowest BCUT2D eigenvalue weighted by atomic mass is 10.2. The number of nitrogens with one attached hydrogen (secondary N) is 1. The van der Waals surface area contributed by atoms with E-state index in [1.54, 1.807) is 0 Å². The van der Waals surface area contributed by atoms with Crippen LogP contribution in [-0.2, 0) is 16.6 Å². The molecule has 0 saturated carbocycles. The van der Waals surface area contributed by atoms with E-state index in [9.17, 15) is 13.2 Å². The highest BCUT2D eigenvalue weighted by Gasteiger charge is 2.21. The monoisotopic (exact) mass is 425 g/mol. The molecule has 1 aromatic carbocycles. The van der Waals surface area contributed by atoms with Crippen LogP contribution in [0.25, 0.3) is 10.8 Å². The molecule has 0 saturated heterocycles. The molecule has 2 heterocycles. The van der Waals surface area contributed by atoms with E-state index in [-0.39, 0.29) is 22.0 Å². The number of thiophene rings is 1. The molecule has 3 rings (SSSR count). The Balaban J connectivity index is 1.75. The number of oxazole rings is 1. The summed E-state index contributed by atoms with van der Waals surface area (Å²) in [5, 5.41) is 4.74. The van der Waals surface area contributed by atoms with Gasteiger partial charge in [-0.3, -0.25) is 4.79 Å². The molecule has 0 aliphatic carbocycles. The van der Waals surface area contributed by atoms with Gasteiger partial charge in [0, 0.05) is 14.1 Å². The fraction of sp³-hybridized carbons (Fsp3) is 0.176. The lowest BCUT2D eigenvalue weighted by molar-refractivity contribution is 0.0950. The summed E-state index contributed by atoms with van der Waals surface area (Å²) in [6, 6.07) is 7.78. The summed E-state index contributed by atoms with van der Waals surface area (Å²) < 4.78 is 31.0. The van der Waals surface area contributed by atoms with E-state index in [4.69, 9.17) is 16.0 Å². The van der Waals surface area contributed by atoms with Gasteiger partial charge in [0.1, 0.15) is 6.26 Å².